The molecule has 9 heteroatoms. The summed E-state index contributed by atoms with van der Waals surface area (Å²) in [5.74, 6) is 0.127. The molecule has 0 spiro atoms. The van der Waals surface area contributed by atoms with E-state index in [-0.39, 0.29) is 30.1 Å². The van der Waals surface area contributed by atoms with E-state index < -0.39 is 11.7 Å². The van der Waals surface area contributed by atoms with Crippen molar-refractivity contribution in [2.24, 2.45) is 11.8 Å². The Labute approximate surface area is 175 Å². The smallest absolute Gasteiger partial charge is 0.416 e. The molecule has 1 aromatic carbocycles. The first-order valence-corrected chi connectivity index (χ1v) is 10.5. The highest BCUT2D eigenvalue weighted by Gasteiger charge is 2.31. The molecule has 6 nitrogen and oxygen atoms in total. The third kappa shape index (κ3) is 7.14. The number of halogens is 3. The second-order valence-electron chi connectivity index (χ2n) is 7.89. The number of hydrogen-bond donors (Lipinski definition) is 2. The third-order valence-corrected chi connectivity index (χ3v) is 5.51. The van der Waals surface area contributed by atoms with Gasteiger partial charge in [0.05, 0.1) is 31.3 Å². The molecule has 0 saturated carbocycles. The van der Waals surface area contributed by atoms with Crippen LogP contribution >= 0.6 is 0 Å². The summed E-state index contributed by atoms with van der Waals surface area (Å²) in [7, 11) is 0. The highest BCUT2D eigenvalue weighted by molar-refractivity contribution is 5.79. The van der Waals surface area contributed by atoms with Crippen LogP contribution in [0.2, 0.25) is 0 Å². The summed E-state index contributed by atoms with van der Waals surface area (Å²) >= 11 is 0. The molecular formula is C21H30F3N3O3. The minimum Gasteiger partial charge on any atom is -0.493 e. The number of carbonyl (C=O) groups excluding carboxylic acids is 1. The average Bonchev–Trinajstić information content (AvgIpc) is 2.76. The number of piperidine rings is 1. The monoisotopic (exact) mass is 429 g/mol. The fourth-order valence-electron chi connectivity index (χ4n) is 3.82. The zero-order chi connectivity index (χ0) is 21.4. The van der Waals surface area contributed by atoms with Crippen molar-refractivity contribution >= 4 is 5.91 Å². The van der Waals surface area contributed by atoms with Crippen LogP contribution in [-0.4, -0.2) is 69.9 Å². The number of ether oxygens (including phenoxy) is 2. The molecule has 3 rings (SSSR count). The SMILES string of the molecule is O=C(NCCCN1CCOCC1)[C@H]1CNC[C@@H](COc2cccc(C(F)(F)F)c2)C1. The first-order valence-electron chi connectivity index (χ1n) is 10.5. The number of amides is 1. The number of benzene rings is 1. The van der Waals surface area contributed by atoms with E-state index in [0.29, 0.717) is 26.1 Å². The number of carbonyl (C=O) groups is 1. The van der Waals surface area contributed by atoms with Crippen LogP contribution in [-0.2, 0) is 15.7 Å². The van der Waals surface area contributed by atoms with E-state index in [1.54, 1.807) is 0 Å². The average molecular weight is 429 g/mol. The van der Waals surface area contributed by atoms with Crippen LogP contribution in [0.4, 0.5) is 13.2 Å². The van der Waals surface area contributed by atoms with Crippen LogP contribution < -0.4 is 15.4 Å². The maximum absolute atomic E-state index is 12.8. The molecule has 0 aliphatic carbocycles. The summed E-state index contributed by atoms with van der Waals surface area (Å²) in [6.07, 6.45) is -2.84. The van der Waals surface area contributed by atoms with Gasteiger partial charge >= 0.3 is 6.18 Å². The summed E-state index contributed by atoms with van der Waals surface area (Å²) in [4.78, 5) is 14.8. The molecule has 2 aliphatic rings. The van der Waals surface area contributed by atoms with Gasteiger partial charge < -0.3 is 20.1 Å². The van der Waals surface area contributed by atoms with Crippen molar-refractivity contribution in [2.75, 3.05) is 59.1 Å². The lowest BCUT2D eigenvalue weighted by atomic mass is 9.90. The van der Waals surface area contributed by atoms with E-state index >= 15 is 0 Å². The summed E-state index contributed by atoms with van der Waals surface area (Å²) in [5, 5.41) is 6.24. The topological polar surface area (TPSA) is 62.8 Å². The van der Waals surface area contributed by atoms with Crippen LogP contribution in [0, 0.1) is 11.8 Å². The zero-order valence-corrected chi connectivity index (χ0v) is 17.0. The van der Waals surface area contributed by atoms with E-state index in [1.807, 2.05) is 0 Å². The molecule has 0 aromatic heterocycles. The number of alkyl halides is 3. The van der Waals surface area contributed by atoms with E-state index in [9.17, 15) is 18.0 Å². The number of rotatable bonds is 8. The molecule has 2 atom stereocenters. The fourth-order valence-corrected chi connectivity index (χ4v) is 3.82. The van der Waals surface area contributed by atoms with Gasteiger partial charge in [0.15, 0.2) is 0 Å². The normalized spacial score (nSPS) is 23.2. The molecule has 2 N–H and O–H groups in total. The Morgan fingerprint density at radius 3 is 2.83 bits per heavy atom. The maximum atomic E-state index is 12.8. The van der Waals surface area contributed by atoms with Gasteiger partial charge in [0.2, 0.25) is 5.91 Å². The lowest BCUT2D eigenvalue weighted by Gasteiger charge is -2.29. The van der Waals surface area contributed by atoms with E-state index in [2.05, 4.69) is 15.5 Å². The van der Waals surface area contributed by atoms with Crippen LogP contribution in [0.15, 0.2) is 24.3 Å². The Morgan fingerprint density at radius 2 is 2.07 bits per heavy atom. The summed E-state index contributed by atoms with van der Waals surface area (Å²) in [6, 6.07) is 4.89. The highest BCUT2D eigenvalue weighted by atomic mass is 19.4. The fraction of sp³-hybridized carbons (Fsp3) is 0.667. The minimum absolute atomic E-state index is 0.0215. The maximum Gasteiger partial charge on any atom is 0.416 e. The zero-order valence-electron chi connectivity index (χ0n) is 17.0. The van der Waals surface area contributed by atoms with Gasteiger partial charge in [0, 0.05) is 38.6 Å². The second-order valence-corrected chi connectivity index (χ2v) is 7.89. The molecule has 0 unspecified atom stereocenters. The van der Waals surface area contributed by atoms with E-state index in [4.69, 9.17) is 9.47 Å². The third-order valence-electron chi connectivity index (χ3n) is 5.51. The Balaban J connectivity index is 1.37. The molecule has 0 bridgehead atoms. The van der Waals surface area contributed by atoms with Crippen LogP contribution in [0.1, 0.15) is 18.4 Å². The van der Waals surface area contributed by atoms with Crippen molar-refractivity contribution in [1.29, 1.82) is 0 Å². The highest BCUT2D eigenvalue weighted by Crippen LogP contribution is 2.31. The number of hydrogen-bond acceptors (Lipinski definition) is 5. The van der Waals surface area contributed by atoms with Crippen LogP contribution in [0.3, 0.4) is 0 Å². The predicted molar refractivity (Wildman–Crippen MR) is 106 cm³/mol. The van der Waals surface area contributed by atoms with Crippen molar-refractivity contribution in [3.8, 4) is 5.75 Å². The van der Waals surface area contributed by atoms with E-state index in [0.717, 1.165) is 51.4 Å². The Kier molecular flexibility index (Phi) is 8.35. The van der Waals surface area contributed by atoms with Gasteiger partial charge in [0.1, 0.15) is 5.75 Å². The minimum atomic E-state index is -4.39. The van der Waals surface area contributed by atoms with Gasteiger partial charge in [-0.25, -0.2) is 0 Å². The van der Waals surface area contributed by atoms with Gasteiger partial charge in [-0.1, -0.05) is 6.07 Å². The van der Waals surface area contributed by atoms with Crippen molar-refractivity contribution < 1.29 is 27.4 Å². The number of nitrogens with zero attached hydrogens (tertiary/aromatic N) is 1. The van der Waals surface area contributed by atoms with Crippen LogP contribution in [0.25, 0.3) is 0 Å². The van der Waals surface area contributed by atoms with Gasteiger partial charge in [0.25, 0.3) is 0 Å². The van der Waals surface area contributed by atoms with Crippen molar-refractivity contribution in [3.05, 3.63) is 29.8 Å². The van der Waals surface area contributed by atoms with Gasteiger partial charge in [-0.2, -0.15) is 13.2 Å². The predicted octanol–water partition coefficient (Wildman–Crippen LogP) is 2.15. The molecule has 2 aliphatic heterocycles. The molecule has 2 heterocycles. The standard InChI is InChI=1S/C21H30F3N3O3/c22-21(23,24)18-3-1-4-19(12-18)30-15-16-11-17(14-25-13-16)20(28)26-5-2-6-27-7-9-29-10-8-27/h1,3-4,12,16-17,25H,2,5-11,13-15H2,(H,26,28)/t16-,17+/m0/s1. The van der Waals surface area contributed by atoms with Crippen LogP contribution in [0.5, 0.6) is 5.75 Å². The van der Waals surface area contributed by atoms with Crippen molar-refractivity contribution in [3.63, 3.8) is 0 Å². The number of morpholine rings is 1. The van der Waals surface area contributed by atoms with Gasteiger partial charge in [-0.3, -0.25) is 9.69 Å². The molecule has 30 heavy (non-hydrogen) atoms. The van der Waals surface area contributed by atoms with Gasteiger partial charge in [-0.15, -0.1) is 0 Å². The molecule has 2 saturated heterocycles. The lowest BCUT2D eigenvalue weighted by molar-refractivity contribution is -0.137. The molecule has 168 valence electrons. The van der Waals surface area contributed by atoms with Crippen molar-refractivity contribution in [2.45, 2.75) is 19.0 Å². The molecule has 1 aromatic rings. The Morgan fingerprint density at radius 1 is 1.27 bits per heavy atom. The molecule has 2 fully saturated rings. The molecular weight excluding hydrogens is 399 g/mol. The molecule has 1 amide bonds. The lowest BCUT2D eigenvalue weighted by Crippen LogP contribution is -2.46. The van der Waals surface area contributed by atoms with Gasteiger partial charge in [-0.05, 0) is 37.6 Å². The number of nitrogens with one attached hydrogen (secondary N) is 2. The second kappa shape index (κ2) is 11.0. The Bertz CT molecular complexity index is 681. The van der Waals surface area contributed by atoms with Crippen molar-refractivity contribution in [1.82, 2.24) is 15.5 Å². The summed E-state index contributed by atoms with van der Waals surface area (Å²) < 4.78 is 49.4. The largest absolute Gasteiger partial charge is 0.493 e. The first kappa shape index (κ1) is 22.8. The Hall–Kier alpha value is -1.84. The van der Waals surface area contributed by atoms with E-state index in [1.165, 1.54) is 12.1 Å². The quantitative estimate of drug-likeness (QED) is 0.620. The summed E-state index contributed by atoms with van der Waals surface area (Å²) in [6.45, 7) is 6.55. The molecule has 0 radical (unpaired) electrons. The summed E-state index contributed by atoms with van der Waals surface area (Å²) in [5.41, 5.74) is -0.726. The first-order chi connectivity index (χ1) is 14.4.